The van der Waals surface area contributed by atoms with Crippen molar-refractivity contribution >= 4 is 17.4 Å². The van der Waals surface area contributed by atoms with Gasteiger partial charge in [0.2, 0.25) is 0 Å². The topological polar surface area (TPSA) is 102 Å². The van der Waals surface area contributed by atoms with Gasteiger partial charge in [0, 0.05) is 23.7 Å². The fourth-order valence-electron chi connectivity index (χ4n) is 2.01. The molecule has 0 saturated heterocycles. The number of hydrogen-bond acceptors (Lipinski definition) is 6. The first kappa shape index (κ1) is 18.1. The molecule has 0 fully saturated rings. The van der Waals surface area contributed by atoms with E-state index in [9.17, 15) is 14.7 Å². The van der Waals surface area contributed by atoms with Crippen LogP contribution in [0.25, 0.3) is 0 Å². The van der Waals surface area contributed by atoms with E-state index in [1.165, 1.54) is 0 Å². The number of Topliss-reactive ketones (excluding diaryl/α,β-unsaturated/α-hetero) is 1. The van der Waals surface area contributed by atoms with Gasteiger partial charge in [-0.1, -0.05) is 32.0 Å². The summed E-state index contributed by atoms with van der Waals surface area (Å²) in [6, 6.07) is 5.82. The molecular formula is C16H24N2O4. The largest absolute Gasteiger partial charge is 0.464 e. The maximum atomic E-state index is 12.1. The summed E-state index contributed by atoms with van der Waals surface area (Å²) in [4.78, 5) is 24.0. The van der Waals surface area contributed by atoms with E-state index in [1.807, 2.05) is 0 Å². The molecule has 0 saturated carbocycles. The van der Waals surface area contributed by atoms with Crippen LogP contribution in [0.3, 0.4) is 0 Å². The number of ether oxygens (including phenoxy) is 1. The number of carbonyl (C=O) groups is 2. The zero-order valence-corrected chi connectivity index (χ0v) is 13.2. The average Bonchev–Trinajstić information content (AvgIpc) is 2.47. The van der Waals surface area contributed by atoms with Gasteiger partial charge < -0.3 is 15.6 Å². The molecule has 22 heavy (non-hydrogen) atoms. The van der Waals surface area contributed by atoms with E-state index in [4.69, 9.17) is 10.5 Å². The maximum absolute atomic E-state index is 12.1. The van der Waals surface area contributed by atoms with Gasteiger partial charge in [0.25, 0.3) is 0 Å². The van der Waals surface area contributed by atoms with Crippen LogP contribution in [0.5, 0.6) is 0 Å². The molecule has 122 valence electrons. The van der Waals surface area contributed by atoms with Crippen molar-refractivity contribution in [1.29, 1.82) is 0 Å². The molecule has 6 heteroatoms. The van der Waals surface area contributed by atoms with Gasteiger partial charge >= 0.3 is 5.97 Å². The standard InChI is InChI=1S/C16H24N2O4/c1-4-22-16(21)14(15(20)10(2)3)18-9-13(19)11-7-5-6-8-12(11)17/h5-8,10,13-14,18-19H,4,9,17H2,1-3H3. The Hall–Kier alpha value is -1.92. The second kappa shape index (κ2) is 8.51. The number of anilines is 1. The van der Waals surface area contributed by atoms with Crippen molar-refractivity contribution in [3.63, 3.8) is 0 Å². The predicted molar refractivity (Wildman–Crippen MR) is 84.1 cm³/mol. The minimum Gasteiger partial charge on any atom is -0.464 e. The molecule has 0 aliphatic rings. The van der Waals surface area contributed by atoms with Crippen LogP contribution in [0.2, 0.25) is 0 Å². The van der Waals surface area contributed by atoms with E-state index in [0.29, 0.717) is 11.3 Å². The van der Waals surface area contributed by atoms with Crippen LogP contribution in [0, 0.1) is 5.92 Å². The van der Waals surface area contributed by atoms with Gasteiger partial charge in [0.15, 0.2) is 11.8 Å². The van der Waals surface area contributed by atoms with E-state index in [-0.39, 0.29) is 24.9 Å². The molecule has 4 N–H and O–H groups in total. The Morgan fingerprint density at radius 2 is 1.95 bits per heavy atom. The Bertz CT molecular complexity index is 517. The summed E-state index contributed by atoms with van der Waals surface area (Å²) in [6.45, 7) is 5.31. The minimum atomic E-state index is -1.08. The van der Waals surface area contributed by atoms with Crippen molar-refractivity contribution in [3.8, 4) is 0 Å². The van der Waals surface area contributed by atoms with Crippen molar-refractivity contribution < 1.29 is 19.4 Å². The lowest BCUT2D eigenvalue weighted by atomic mass is 10.0. The quantitative estimate of drug-likeness (QED) is 0.377. The van der Waals surface area contributed by atoms with E-state index < -0.39 is 18.1 Å². The van der Waals surface area contributed by atoms with Crippen LogP contribution in [-0.4, -0.2) is 36.1 Å². The lowest BCUT2D eigenvalue weighted by molar-refractivity contribution is -0.149. The van der Waals surface area contributed by atoms with Gasteiger partial charge in [-0.15, -0.1) is 0 Å². The number of esters is 1. The number of nitrogens with one attached hydrogen (secondary N) is 1. The highest BCUT2D eigenvalue weighted by Gasteiger charge is 2.30. The molecular weight excluding hydrogens is 284 g/mol. The minimum absolute atomic E-state index is 0.0240. The number of nitrogen functional groups attached to an aromatic ring is 1. The van der Waals surface area contributed by atoms with E-state index in [1.54, 1.807) is 45.0 Å². The first-order valence-corrected chi connectivity index (χ1v) is 7.34. The maximum Gasteiger partial charge on any atom is 0.330 e. The summed E-state index contributed by atoms with van der Waals surface area (Å²) in [6.07, 6.45) is -0.918. The highest BCUT2D eigenvalue weighted by Crippen LogP contribution is 2.19. The molecule has 0 amide bonds. The van der Waals surface area contributed by atoms with Gasteiger partial charge in [-0.3, -0.25) is 10.1 Å². The van der Waals surface area contributed by atoms with Gasteiger partial charge in [-0.05, 0) is 13.0 Å². The van der Waals surface area contributed by atoms with E-state index in [0.717, 1.165) is 0 Å². The molecule has 0 radical (unpaired) electrons. The molecule has 0 aliphatic heterocycles. The summed E-state index contributed by atoms with van der Waals surface area (Å²) in [5, 5.41) is 13.0. The fourth-order valence-corrected chi connectivity index (χ4v) is 2.01. The second-order valence-electron chi connectivity index (χ2n) is 5.30. The number of ketones is 1. The number of rotatable bonds is 8. The lowest BCUT2D eigenvalue weighted by Crippen LogP contribution is -2.47. The van der Waals surface area contributed by atoms with Crippen LogP contribution in [-0.2, 0) is 14.3 Å². The van der Waals surface area contributed by atoms with Crippen molar-refractivity contribution in [3.05, 3.63) is 29.8 Å². The first-order valence-electron chi connectivity index (χ1n) is 7.34. The summed E-state index contributed by atoms with van der Waals surface area (Å²) in [7, 11) is 0. The number of aliphatic hydroxyl groups excluding tert-OH is 1. The molecule has 1 rings (SSSR count). The van der Waals surface area contributed by atoms with Gasteiger partial charge in [-0.2, -0.15) is 0 Å². The van der Waals surface area contributed by atoms with Gasteiger partial charge in [0.1, 0.15) is 0 Å². The molecule has 6 nitrogen and oxygen atoms in total. The zero-order valence-electron chi connectivity index (χ0n) is 13.2. The molecule has 1 aromatic rings. The SMILES string of the molecule is CCOC(=O)C(NCC(O)c1ccccc1N)C(=O)C(C)C. The number of para-hydroxylation sites is 1. The van der Waals surface area contributed by atoms with Gasteiger partial charge in [0.05, 0.1) is 12.7 Å². The van der Waals surface area contributed by atoms with Crippen LogP contribution in [0.4, 0.5) is 5.69 Å². The average molecular weight is 308 g/mol. The van der Waals surface area contributed by atoms with Crippen molar-refractivity contribution in [2.75, 3.05) is 18.9 Å². The molecule has 0 aromatic heterocycles. The lowest BCUT2D eigenvalue weighted by Gasteiger charge is -2.20. The van der Waals surface area contributed by atoms with Crippen molar-refractivity contribution in [1.82, 2.24) is 5.32 Å². The Labute approximate surface area is 130 Å². The second-order valence-corrected chi connectivity index (χ2v) is 5.30. The van der Waals surface area contributed by atoms with Crippen LogP contribution in [0.1, 0.15) is 32.4 Å². The molecule has 0 heterocycles. The predicted octanol–water partition coefficient (Wildman–Crippen LogP) is 1.05. The van der Waals surface area contributed by atoms with Crippen molar-refractivity contribution in [2.45, 2.75) is 32.9 Å². The molecule has 0 spiro atoms. The summed E-state index contributed by atoms with van der Waals surface area (Å²) in [5.41, 5.74) is 6.81. The number of aliphatic hydroxyl groups is 1. The molecule has 0 aliphatic carbocycles. The van der Waals surface area contributed by atoms with E-state index in [2.05, 4.69) is 5.32 Å². The molecule has 2 unspecified atom stereocenters. The smallest absolute Gasteiger partial charge is 0.330 e. The number of carbonyl (C=O) groups excluding carboxylic acids is 2. The normalized spacial score (nSPS) is 13.7. The third kappa shape index (κ3) is 4.82. The third-order valence-corrected chi connectivity index (χ3v) is 3.25. The monoisotopic (exact) mass is 308 g/mol. The van der Waals surface area contributed by atoms with Crippen LogP contribution < -0.4 is 11.1 Å². The Balaban J connectivity index is 2.76. The van der Waals surface area contributed by atoms with E-state index >= 15 is 0 Å². The molecule has 0 bridgehead atoms. The Morgan fingerprint density at radius 3 is 2.50 bits per heavy atom. The van der Waals surface area contributed by atoms with Crippen molar-refractivity contribution in [2.24, 2.45) is 5.92 Å². The fraction of sp³-hybridized carbons (Fsp3) is 0.500. The Morgan fingerprint density at radius 1 is 1.32 bits per heavy atom. The molecule has 2 atom stereocenters. The number of benzene rings is 1. The summed E-state index contributed by atoms with van der Waals surface area (Å²) >= 11 is 0. The number of nitrogens with two attached hydrogens (primary N) is 1. The third-order valence-electron chi connectivity index (χ3n) is 3.25. The summed E-state index contributed by atoms with van der Waals surface area (Å²) < 4.78 is 4.91. The highest BCUT2D eigenvalue weighted by atomic mass is 16.5. The zero-order chi connectivity index (χ0) is 16.7. The first-order chi connectivity index (χ1) is 10.4. The van der Waals surface area contributed by atoms with Crippen LogP contribution >= 0.6 is 0 Å². The summed E-state index contributed by atoms with van der Waals surface area (Å²) in [5.74, 6) is -1.22. The highest BCUT2D eigenvalue weighted by molar-refractivity contribution is 6.03. The molecule has 1 aromatic carbocycles. The Kier molecular flexibility index (Phi) is 7.01. The van der Waals surface area contributed by atoms with Crippen LogP contribution in [0.15, 0.2) is 24.3 Å². The number of hydrogen-bond donors (Lipinski definition) is 3. The van der Waals surface area contributed by atoms with Gasteiger partial charge in [-0.25, -0.2) is 4.79 Å².